The Hall–Kier alpha value is 0.430. The molecule has 1 unspecified atom stereocenters. The standard InChI is InChI=1S/C9H17NO7P2.HI/c1-10(2)5-3-4-8(7-10)6-9(18(11,12)13)17-19(14,15)16;/h3-5,9H,6-7H2,1-2H3,(H3-,11,12,13,14,15,16);1H. The van der Waals surface area contributed by atoms with E-state index >= 15 is 0 Å². The van der Waals surface area contributed by atoms with Gasteiger partial charge in [-0.05, 0) is 11.6 Å². The highest BCUT2D eigenvalue weighted by Gasteiger charge is 2.37. The Morgan fingerprint density at radius 2 is 1.85 bits per heavy atom. The van der Waals surface area contributed by atoms with Gasteiger partial charge in [0.2, 0.25) is 0 Å². The van der Waals surface area contributed by atoms with E-state index in [4.69, 9.17) is 19.6 Å². The van der Waals surface area contributed by atoms with Crippen LogP contribution in [0.15, 0.2) is 23.9 Å². The number of phosphoric ester groups is 1. The second-order valence-electron chi connectivity index (χ2n) is 4.95. The van der Waals surface area contributed by atoms with Crippen LogP contribution >= 0.6 is 15.4 Å². The first kappa shape index (κ1) is 20.4. The quantitative estimate of drug-likeness (QED) is 0.212. The molecule has 0 aromatic carbocycles. The molecule has 1 rings (SSSR count). The van der Waals surface area contributed by atoms with Crippen molar-refractivity contribution in [3.05, 3.63) is 23.9 Å². The summed E-state index contributed by atoms with van der Waals surface area (Å²) in [4.78, 5) is 35.6. The van der Waals surface area contributed by atoms with Gasteiger partial charge in [-0.2, -0.15) is 0 Å². The zero-order chi connectivity index (χ0) is 14.9. The molecule has 8 nitrogen and oxygen atoms in total. The van der Waals surface area contributed by atoms with Gasteiger partial charge in [-0.1, -0.05) is 6.08 Å². The molecule has 1 heterocycles. The van der Waals surface area contributed by atoms with Gasteiger partial charge in [0, 0.05) is 6.42 Å². The molecule has 0 aromatic heterocycles. The number of rotatable bonds is 5. The molecule has 0 aromatic rings. The van der Waals surface area contributed by atoms with Crippen LogP contribution in [0.4, 0.5) is 0 Å². The fourth-order valence-electron chi connectivity index (χ4n) is 1.77. The number of phosphoric acid groups is 1. The van der Waals surface area contributed by atoms with Crippen LogP contribution in [-0.4, -0.2) is 50.5 Å². The third-order valence-corrected chi connectivity index (χ3v) is 4.24. The zero-order valence-corrected chi connectivity index (χ0v) is 14.9. The minimum atomic E-state index is -4.96. The molecular formula is C9H18INO7P2. The van der Waals surface area contributed by atoms with Gasteiger partial charge < -0.3 is 43.6 Å². The average Bonchev–Trinajstić information content (AvgIpc) is 2.11. The average molecular weight is 441 g/mol. The van der Waals surface area contributed by atoms with E-state index in [-0.39, 0.29) is 30.4 Å². The molecule has 0 saturated carbocycles. The van der Waals surface area contributed by atoms with Crippen LogP contribution in [-0.2, 0) is 13.7 Å². The molecule has 0 radical (unpaired) electrons. The Morgan fingerprint density at radius 1 is 1.30 bits per heavy atom. The van der Waals surface area contributed by atoms with E-state index in [0.29, 0.717) is 16.6 Å². The molecule has 1 atom stereocenters. The summed E-state index contributed by atoms with van der Waals surface area (Å²) in [6.45, 7) is 0.484. The maximum absolute atomic E-state index is 11.2. The van der Waals surface area contributed by atoms with Gasteiger partial charge in [0.25, 0.3) is 0 Å². The normalized spacial score (nSPS) is 20.0. The van der Waals surface area contributed by atoms with Crippen LogP contribution in [0.5, 0.6) is 0 Å². The van der Waals surface area contributed by atoms with Crippen molar-refractivity contribution in [3.8, 4) is 0 Å². The molecule has 11 heteroatoms. The van der Waals surface area contributed by atoms with Gasteiger partial charge in [0.1, 0.15) is 6.54 Å². The third-order valence-electron chi connectivity index (χ3n) is 2.50. The summed E-state index contributed by atoms with van der Waals surface area (Å²) in [5.74, 6) is -1.84. The molecule has 4 N–H and O–H groups in total. The van der Waals surface area contributed by atoms with Gasteiger partial charge in [0.05, 0.1) is 20.3 Å². The lowest BCUT2D eigenvalue weighted by atomic mass is 10.1. The minimum Gasteiger partial charge on any atom is -1.00 e. The van der Waals surface area contributed by atoms with E-state index in [2.05, 4.69) is 4.52 Å². The van der Waals surface area contributed by atoms with Crippen molar-refractivity contribution in [2.75, 3.05) is 20.6 Å². The number of hydrogen-bond acceptors (Lipinski definition) is 3. The Kier molecular flexibility index (Phi) is 7.28. The highest BCUT2D eigenvalue weighted by Crippen LogP contribution is 2.52. The molecule has 0 amide bonds. The predicted octanol–water partition coefficient (Wildman–Crippen LogP) is -2.48. The smallest absolute Gasteiger partial charge is 0.470 e. The summed E-state index contributed by atoms with van der Waals surface area (Å²) in [7, 11) is -5.95. The molecular weight excluding hydrogens is 423 g/mol. The Bertz CT molecular complexity index is 493. The van der Waals surface area contributed by atoms with Crippen molar-refractivity contribution in [3.63, 3.8) is 0 Å². The maximum atomic E-state index is 11.2. The topological polar surface area (TPSA) is 124 Å². The number of likely N-dealkylation sites (N-methyl/N-ethyl adjacent to an activating group) is 1. The first-order valence-corrected chi connectivity index (χ1v) is 8.59. The van der Waals surface area contributed by atoms with Crippen LogP contribution < -0.4 is 24.0 Å². The second kappa shape index (κ2) is 7.13. The van der Waals surface area contributed by atoms with Crippen molar-refractivity contribution < 1.29 is 61.7 Å². The lowest BCUT2D eigenvalue weighted by molar-refractivity contribution is -0.834. The highest BCUT2D eigenvalue weighted by atomic mass is 127. The number of quaternary nitrogens is 1. The molecule has 1 aliphatic heterocycles. The van der Waals surface area contributed by atoms with Gasteiger partial charge >= 0.3 is 15.4 Å². The van der Waals surface area contributed by atoms with Crippen LogP contribution in [0.3, 0.4) is 0 Å². The minimum absolute atomic E-state index is 0. The Morgan fingerprint density at radius 3 is 2.25 bits per heavy atom. The maximum Gasteiger partial charge on any atom is 0.470 e. The van der Waals surface area contributed by atoms with E-state index in [1.54, 1.807) is 12.2 Å². The van der Waals surface area contributed by atoms with E-state index < -0.39 is 21.3 Å². The molecule has 20 heavy (non-hydrogen) atoms. The summed E-state index contributed by atoms with van der Waals surface area (Å²) < 4.78 is 26.7. The fraction of sp³-hybridized carbons (Fsp3) is 0.556. The van der Waals surface area contributed by atoms with E-state index in [1.807, 2.05) is 20.3 Å². The number of hydrogen-bond donors (Lipinski definition) is 4. The number of halogens is 1. The first-order chi connectivity index (χ1) is 8.39. The van der Waals surface area contributed by atoms with Crippen LogP contribution in [0.25, 0.3) is 0 Å². The van der Waals surface area contributed by atoms with Gasteiger partial charge in [-0.25, -0.2) is 4.57 Å². The molecule has 1 aliphatic rings. The van der Waals surface area contributed by atoms with Crippen LogP contribution in [0.2, 0.25) is 0 Å². The molecule has 0 spiro atoms. The van der Waals surface area contributed by atoms with Gasteiger partial charge in [-0.15, -0.1) is 0 Å². The van der Waals surface area contributed by atoms with Crippen LogP contribution in [0, 0.1) is 0 Å². The van der Waals surface area contributed by atoms with E-state index in [0.717, 1.165) is 0 Å². The molecule has 0 fully saturated rings. The van der Waals surface area contributed by atoms with Crippen molar-refractivity contribution in [1.29, 1.82) is 0 Å². The fourth-order valence-corrected chi connectivity index (χ4v) is 3.50. The van der Waals surface area contributed by atoms with Crippen molar-refractivity contribution >= 4 is 15.4 Å². The van der Waals surface area contributed by atoms with E-state index in [9.17, 15) is 9.13 Å². The predicted molar refractivity (Wildman–Crippen MR) is 67.8 cm³/mol. The van der Waals surface area contributed by atoms with E-state index in [1.165, 1.54) is 0 Å². The summed E-state index contributed by atoms with van der Waals surface area (Å²) in [5.41, 5.74) is 0.647. The molecule has 0 aliphatic carbocycles. The summed E-state index contributed by atoms with van der Waals surface area (Å²) in [6, 6.07) is 0. The highest BCUT2D eigenvalue weighted by molar-refractivity contribution is 7.53. The lowest BCUT2D eigenvalue weighted by Crippen LogP contribution is -3.00. The second-order valence-corrected chi connectivity index (χ2v) is 7.89. The Labute approximate surface area is 134 Å². The SMILES string of the molecule is C[N+]1(C)C=CC=C(CC(OP(=O)(O)O)P(=O)(O)O)C1.[I-]. The van der Waals surface area contributed by atoms with Crippen molar-refractivity contribution in [1.82, 2.24) is 0 Å². The zero-order valence-electron chi connectivity index (χ0n) is 11.0. The summed E-state index contributed by atoms with van der Waals surface area (Å²) in [5, 5.41) is 0. The third kappa shape index (κ3) is 7.44. The van der Waals surface area contributed by atoms with Crippen molar-refractivity contribution in [2.45, 2.75) is 12.3 Å². The largest absolute Gasteiger partial charge is 1.00 e. The van der Waals surface area contributed by atoms with Crippen molar-refractivity contribution in [2.24, 2.45) is 0 Å². The van der Waals surface area contributed by atoms with Gasteiger partial charge in [0.15, 0.2) is 5.85 Å². The molecule has 118 valence electrons. The summed E-state index contributed by atoms with van der Waals surface area (Å²) in [6.07, 6.45) is 5.05. The molecule has 0 bridgehead atoms. The number of nitrogens with zero attached hydrogens (tertiary/aromatic N) is 1. The number of allylic oxidation sites excluding steroid dienone is 2. The summed E-state index contributed by atoms with van der Waals surface area (Å²) >= 11 is 0. The monoisotopic (exact) mass is 441 g/mol. The lowest BCUT2D eigenvalue weighted by Gasteiger charge is -2.30. The van der Waals surface area contributed by atoms with Gasteiger partial charge in [-0.3, -0.25) is 13.6 Å². The van der Waals surface area contributed by atoms with Crippen LogP contribution in [0.1, 0.15) is 6.42 Å². The molecule has 0 saturated heterocycles. The Balaban J connectivity index is 0.00000361. The first-order valence-electron chi connectivity index (χ1n) is 5.38.